The predicted octanol–water partition coefficient (Wildman–Crippen LogP) is 2.51. The van der Waals surface area contributed by atoms with Crippen LogP contribution in [0.15, 0.2) is 24.3 Å². The third-order valence-electron chi connectivity index (χ3n) is 4.61. The van der Waals surface area contributed by atoms with Gasteiger partial charge in [0.2, 0.25) is 10.0 Å². The maximum absolute atomic E-state index is 13.0. The van der Waals surface area contributed by atoms with Crippen LogP contribution in [0.1, 0.15) is 37.2 Å². The Kier molecular flexibility index (Phi) is 4.80. The lowest BCUT2D eigenvalue weighted by atomic mass is 9.99. The topological polar surface area (TPSA) is 46.6 Å². The van der Waals surface area contributed by atoms with Crippen molar-refractivity contribution < 1.29 is 17.5 Å². The van der Waals surface area contributed by atoms with Crippen LogP contribution in [0.5, 0.6) is 0 Å². The molecule has 0 aliphatic carbocycles. The van der Waals surface area contributed by atoms with E-state index in [0.717, 1.165) is 31.4 Å². The molecule has 22 heavy (non-hydrogen) atoms. The van der Waals surface area contributed by atoms with Gasteiger partial charge in [-0.1, -0.05) is 12.1 Å². The Morgan fingerprint density at radius 1 is 1.23 bits per heavy atom. The van der Waals surface area contributed by atoms with Gasteiger partial charge in [-0.15, -0.1) is 0 Å². The van der Waals surface area contributed by atoms with Gasteiger partial charge in [-0.05, 0) is 49.3 Å². The van der Waals surface area contributed by atoms with Gasteiger partial charge in [0.05, 0.1) is 11.9 Å². The highest BCUT2D eigenvalue weighted by molar-refractivity contribution is 7.89. The van der Waals surface area contributed by atoms with Crippen LogP contribution in [-0.2, 0) is 14.8 Å². The number of hydrogen-bond acceptors (Lipinski definition) is 3. The highest BCUT2D eigenvalue weighted by Crippen LogP contribution is 2.29. The molecule has 6 heteroatoms. The van der Waals surface area contributed by atoms with Crippen LogP contribution in [-0.4, -0.2) is 44.3 Å². The molecule has 3 rings (SSSR count). The van der Waals surface area contributed by atoms with Crippen molar-refractivity contribution in [2.24, 2.45) is 0 Å². The number of nitrogens with zero attached hydrogens (tertiary/aromatic N) is 1. The minimum Gasteiger partial charge on any atom is -0.378 e. The van der Waals surface area contributed by atoms with E-state index in [4.69, 9.17) is 4.74 Å². The lowest BCUT2D eigenvalue weighted by molar-refractivity contribution is 0.108. The Morgan fingerprint density at radius 2 is 2.00 bits per heavy atom. The molecule has 2 aliphatic heterocycles. The number of rotatable bonds is 5. The molecule has 2 atom stereocenters. The van der Waals surface area contributed by atoms with Crippen molar-refractivity contribution in [3.05, 3.63) is 35.6 Å². The van der Waals surface area contributed by atoms with E-state index >= 15 is 0 Å². The SMILES string of the molecule is O=S(=O)(CC[C@@H]1CCCO1)N1CC[C@H](c2ccc(F)cc2)C1. The molecule has 0 saturated carbocycles. The van der Waals surface area contributed by atoms with Gasteiger partial charge in [0.15, 0.2) is 0 Å². The number of sulfonamides is 1. The van der Waals surface area contributed by atoms with Gasteiger partial charge in [0.25, 0.3) is 0 Å². The summed E-state index contributed by atoms with van der Waals surface area (Å²) in [5.41, 5.74) is 1.01. The van der Waals surface area contributed by atoms with E-state index in [1.165, 1.54) is 12.1 Å². The van der Waals surface area contributed by atoms with Gasteiger partial charge in [-0.25, -0.2) is 17.1 Å². The van der Waals surface area contributed by atoms with E-state index in [0.29, 0.717) is 19.5 Å². The number of ether oxygens (including phenoxy) is 1. The van der Waals surface area contributed by atoms with Crippen LogP contribution >= 0.6 is 0 Å². The average molecular weight is 327 g/mol. The van der Waals surface area contributed by atoms with Crippen molar-refractivity contribution in [2.75, 3.05) is 25.4 Å². The van der Waals surface area contributed by atoms with Crippen LogP contribution in [0.4, 0.5) is 4.39 Å². The number of hydrogen-bond donors (Lipinski definition) is 0. The summed E-state index contributed by atoms with van der Waals surface area (Å²) in [5, 5.41) is 0. The maximum atomic E-state index is 13.0. The first-order valence-electron chi connectivity index (χ1n) is 7.89. The summed E-state index contributed by atoms with van der Waals surface area (Å²) in [6.07, 6.45) is 3.48. The lowest BCUT2D eigenvalue weighted by Gasteiger charge is -2.18. The minimum atomic E-state index is -3.22. The Labute approximate surface area is 131 Å². The van der Waals surface area contributed by atoms with E-state index in [9.17, 15) is 12.8 Å². The van der Waals surface area contributed by atoms with Gasteiger partial charge < -0.3 is 4.74 Å². The molecule has 122 valence electrons. The molecular weight excluding hydrogens is 305 g/mol. The molecule has 2 heterocycles. The number of benzene rings is 1. The molecule has 1 aromatic carbocycles. The molecule has 4 nitrogen and oxygen atoms in total. The summed E-state index contributed by atoms with van der Waals surface area (Å²) in [6.45, 7) is 1.80. The van der Waals surface area contributed by atoms with Crippen LogP contribution in [0.3, 0.4) is 0 Å². The van der Waals surface area contributed by atoms with E-state index in [1.54, 1.807) is 16.4 Å². The molecule has 2 aliphatic rings. The minimum absolute atomic E-state index is 0.102. The molecule has 0 amide bonds. The highest BCUT2D eigenvalue weighted by atomic mass is 32.2. The predicted molar refractivity (Wildman–Crippen MR) is 82.7 cm³/mol. The molecule has 0 N–H and O–H groups in total. The fraction of sp³-hybridized carbons (Fsp3) is 0.625. The van der Waals surface area contributed by atoms with Gasteiger partial charge >= 0.3 is 0 Å². The summed E-state index contributed by atoms with van der Waals surface area (Å²) in [6, 6.07) is 6.37. The Balaban J connectivity index is 1.57. The van der Waals surface area contributed by atoms with Crippen molar-refractivity contribution in [3.8, 4) is 0 Å². The van der Waals surface area contributed by atoms with E-state index in [2.05, 4.69) is 0 Å². The van der Waals surface area contributed by atoms with Crippen LogP contribution in [0.2, 0.25) is 0 Å². The van der Waals surface area contributed by atoms with Crippen molar-refractivity contribution in [2.45, 2.75) is 37.7 Å². The summed E-state index contributed by atoms with van der Waals surface area (Å²) < 4.78 is 44.9. The Bertz CT molecular complexity index is 596. The third-order valence-corrected chi connectivity index (χ3v) is 6.48. The van der Waals surface area contributed by atoms with Crippen molar-refractivity contribution in [3.63, 3.8) is 0 Å². The van der Waals surface area contributed by atoms with Crippen LogP contribution < -0.4 is 0 Å². The molecule has 2 saturated heterocycles. The molecule has 0 bridgehead atoms. The summed E-state index contributed by atoms with van der Waals surface area (Å²) >= 11 is 0. The summed E-state index contributed by atoms with van der Waals surface area (Å²) in [5.74, 6) is 0.0641. The molecule has 1 aromatic rings. The van der Waals surface area contributed by atoms with Crippen molar-refractivity contribution >= 4 is 10.0 Å². The first-order valence-corrected chi connectivity index (χ1v) is 9.50. The molecule has 0 spiro atoms. The summed E-state index contributed by atoms with van der Waals surface area (Å²) in [7, 11) is -3.22. The normalized spacial score (nSPS) is 26.6. The number of halogens is 1. The Hall–Kier alpha value is -0.980. The average Bonchev–Trinajstić information content (AvgIpc) is 3.18. The first-order chi connectivity index (χ1) is 10.5. The van der Waals surface area contributed by atoms with Gasteiger partial charge in [-0.2, -0.15) is 0 Å². The van der Waals surface area contributed by atoms with E-state index in [-0.39, 0.29) is 23.6 Å². The second kappa shape index (κ2) is 6.64. The Morgan fingerprint density at radius 3 is 2.68 bits per heavy atom. The lowest BCUT2D eigenvalue weighted by Crippen LogP contribution is -2.32. The molecular formula is C16H22FNO3S. The fourth-order valence-electron chi connectivity index (χ4n) is 3.27. The second-order valence-corrected chi connectivity index (χ2v) is 8.22. The zero-order chi connectivity index (χ0) is 15.6. The smallest absolute Gasteiger partial charge is 0.214 e. The van der Waals surface area contributed by atoms with Gasteiger partial charge in [0, 0.05) is 19.7 Å². The molecule has 0 unspecified atom stereocenters. The van der Waals surface area contributed by atoms with E-state index in [1.807, 2.05) is 0 Å². The summed E-state index contributed by atoms with van der Waals surface area (Å²) in [4.78, 5) is 0. The van der Waals surface area contributed by atoms with Crippen molar-refractivity contribution in [1.82, 2.24) is 4.31 Å². The molecule has 0 radical (unpaired) electrons. The monoisotopic (exact) mass is 327 g/mol. The van der Waals surface area contributed by atoms with Gasteiger partial charge in [0.1, 0.15) is 5.82 Å². The third kappa shape index (κ3) is 3.67. The highest BCUT2D eigenvalue weighted by Gasteiger charge is 2.32. The fourth-order valence-corrected chi connectivity index (χ4v) is 4.88. The second-order valence-electron chi connectivity index (χ2n) is 6.13. The zero-order valence-corrected chi connectivity index (χ0v) is 13.4. The molecule has 0 aromatic heterocycles. The largest absolute Gasteiger partial charge is 0.378 e. The van der Waals surface area contributed by atoms with Crippen LogP contribution in [0, 0.1) is 5.82 Å². The quantitative estimate of drug-likeness (QED) is 0.835. The zero-order valence-electron chi connectivity index (χ0n) is 12.6. The van der Waals surface area contributed by atoms with Gasteiger partial charge in [-0.3, -0.25) is 0 Å². The first kappa shape index (κ1) is 15.9. The maximum Gasteiger partial charge on any atom is 0.214 e. The molecule has 2 fully saturated rings. The van der Waals surface area contributed by atoms with E-state index < -0.39 is 10.0 Å². The van der Waals surface area contributed by atoms with Crippen LogP contribution in [0.25, 0.3) is 0 Å². The van der Waals surface area contributed by atoms with Crippen molar-refractivity contribution in [1.29, 1.82) is 0 Å². The standard InChI is InChI=1S/C16H22FNO3S/c17-15-5-3-13(4-6-15)14-7-9-18(12-14)22(19,20)11-8-16-2-1-10-21-16/h3-6,14,16H,1-2,7-12H2/t14-,16-/m0/s1.